The number of aromatic nitrogens is 4. The van der Waals surface area contributed by atoms with Gasteiger partial charge in [0, 0.05) is 43.6 Å². The molecule has 5 rings (SSSR count). The molecule has 2 aliphatic rings. The number of nitrogens with zero attached hydrogens (tertiary/aromatic N) is 5. The van der Waals surface area contributed by atoms with Crippen LogP contribution in [0.15, 0.2) is 40.2 Å². The molecule has 31 heavy (non-hydrogen) atoms. The number of hydrogen-bond donors (Lipinski definition) is 1. The Kier molecular flexibility index (Phi) is 5.19. The Hall–Kier alpha value is -2.84. The molecule has 0 saturated carbocycles. The predicted molar refractivity (Wildman–Crippen MR) is 119 cm³/mol. The van der Waals surface area contributed by atoms with Gasteiger partial charge in [-0.05, 0) is 57.0 Å². The van der Waals surface area contributed by atoms with Gasteiger partial charge in [0.2, 0.25) is 0 Å². The number of rotatable bonds is 5. The molecule has 0 aromatic carbocycles. The maximum atomic E-state index is 12.5. The van der Waals surface area contributed by atoms with Crippen LogP contribution in [0.25, 0.3) is 11.2 Å². The second-order valence-corrected chi connectivity index (χ2v) is 8.81. The highest BCUT2D eigenvalue weighted by atomic mass is 16.1. The lowest BCUT2D eigenvalue weighted by atomic mass is 10.0. The minimum Gasteiger partial charge on any atom is -0.310 e. The van der Waals surface area contributed by atoms with Crippen LogP contribution in [0.3, 0.4) is 0 Å². The van der Waals surface area contributed by atoms with Gasteiger partial charge in [-0.1, -0.05) is 6.07 Å². The van der Waals surface area contributed by atoms with Crippen molar-refractivity contribution < 1.29 is 0 Å². The van der Waals surface area contributed by atoms with E-state index in [9.17, 15) is 9.59 Å². The highest BCUT2D eigenvalue weighted by molar-refractivity contribution is 5.71. The molecule has 8 nitrogen and oxygen atoms in total. The summed E-state index contributed by atoms with van der Waals surface area (Å²) in [6.45, 7) is 8.24. The van der Waals surface area contributed by atoms with Crippen molar-refractivity contribution in [1.29, 1.82) is 0 Å². The van der Waals surface area contributed by atoms with Crippen molar-refractivity contribution in [3.05, 3.63) is 68.1 Å². The van der Waals surface area contributed by atoms with E-state index in [0.29, 0.717) is 23.8 Å². The molecule has 1 N–H and O–H groups in total. The Morgan fingerprint density at radius 3 is 2.65 bits per heavy atom. The SMILES string of the molecule is Cc1cc(CNC2CCN(CC3Cn4c(=O)ccc5ncc(=O)n3c54)CC2)cnc1C. The summed E-state index contributed by atoms with van der Waals surface area (Å²) in [5, 5.41) is 3.67. The highest BCUT2D eigenvalue weighted by Crippen LogP contribution is 2.24. The fraction of sp³-hybridized carbons (Fsp3) is 0.478. The maximum Gasteiger partial charge on any atom is 0.270 e. The first-order valence-corrected chi connectivity index (χ1v) is 11.0. The first kappa shape index (κ1) is 20.1. The lowest BCUT2D eigenvalue weighted by Gasteiger charge is -2.34. The lowest BCUT2D eigenvalue weighted by molar-refractivity contribution is 0.171. The molecule has 0 spiro atoms. The molecule has 2 aliphatic heterocycles. The Morgan fingerprint density at radius 2 is 1.87 bits per heavy atom. The zero-order valence-electron chi connectivity index (χ0n) is 18.0. The fourth-order valence-corrected chi connectivity index (χ4v) is 4.84. The van der Waals surface area contributed by atoms with Crippen LogP contribution >= 0.6 is 0 Å². The van der Waals surface area contributed by atoms with E-state index < -0.39 is 0 Å². The van der Waals surface area contributed by atoms with Crippen LogP contribution in [0, 0.1) is 13.8 Å². The van der Waals surface area contributed by atoms with Crippen LogP contribution in [0.2, 0.25) is 0 Å². The molecule has 0 aliphatic carbocycles. The summed E-state index contributed by atoms with van der Waals surface area (Å²) < 4.78 is 3.46. The van der Waals surface area contributed by atoms with E-state index in [0.717, 1.165) is 44.7 Å². The third-order valence-corrected chi connectivity index (χ3v) is 6.72. The molecular weight excluding hydrogens is 392 g/mol. The van der Waals surface area contributed by atoms with Crippen LogP contribution in [-0.4, -0.2) is 49.7 Å². The number of hydrogen-bond acceptors (Lipinski definition) is 6. The smallest absolute Gasteiger partial charge is 0.270 e. The van der Waals surface area contributed by atoms with Crippen LogP contribution in [0.4, 0.5) is 0 Å². The summed E-state index contributed by atoms with van der Waals surface area (Å²) in [5.74, 6) is 0. The highest BCUT2D eigenvalue weighted by Gasteiger charge is 2.29. The first-order chi connectivity index (χ1) is 15.0. The molecule has 0 bridgehead atoms. The predicted octanol–water partition coefficient (Wildman–Crippen LogP) is 1.38. The Morgan fingerprint density at radius 1 is 1.06 bits per heavy atom. The third-order valence-electron chi connectivity index (χ3n) is 6.72. The van der Waals surface area contributed by atoms with Gasteiger partial charge in [0.1, 0.15) is 11.2 Å². The van der Waals surface area contributed by atoms with E-state index in [4.69, 9.17) is 0 Å². The van der Waals surface area contributed by atoms with Gasteiger partial charge in [0.05, 0.1) is 12.2 Å². The summed E-state index contributed by atoms with van der Waals surface area (Å²) in [6.07, 6.45) is 5.46. The summed E-state index contributed by atoms with van der Waals surface area (Å²) in [5.41, 5.74) is 4.69. The van der Waals surface area contributed by atoms with E-state index in [1.165, 1.54) is 23.4 Å². The molecule has 0 amide bonds. The van der Waals surface area contributed by atoms with Gasteiger partial charge in [-0.15, -0.1) is 0 Å². The van der Waals surface area contributed by atoms with Crippen molar-refractivity contribution in [2.45, 2.75) is 51.9 Å². The van der Waals surface area contributed by atoms with E-state index in [1.54, 1.807) is 15.2 Å². The van der Waals surface area contributed by atoms with Gasteiger partial charge in [0.25, 0.3) is 11.1 Å². The molecule has 1 unspecified atom stereocenters. The third kappa shape index (κ3) is 3.81. The van der Waals surface area contributed by atoms with E-state index in [1.807, 2.05) is 13.1 Å². The van der Waals surface area contributed by atoms with Crippen molar-refractivity contribution in [3.63, 3.8) is 0 Å². The Balaban J connectivity index is 1.21. The molecular formula is C23H28N6O2. The second kappa shape index (κ2) is 8.01. The summed E-state index contributed by atoms with van der Waals surface area (Å²) in [6, 6.07) is 5.90. The van der Waals surface area contributed by atoms with Gasteiger partial charge in [-0.3, -0.25) is 23.7 Å². The zero-order chi connectivity index (χ0) is 21.5. The number of piperidine rings is 1. The average molecular weight is 421 g/mol. The molecule has 8 heteroatoms. The number of aryl methyl sites for hydroxylation is 2. The maximum absolute atomic E-state index is 12.5. The van der Waals surface area contributed by atoms with Gasteiger partial charge in [0.15, 0.2) is 0 Å². The number of nitrogens with one attached hydrogen (secondary N) is 1. The molecule has 1 fully saturated rings. The van der Waals surface area contributed by atoms with E-state index in [2.05, 4.69) is 33.2 Å². The number of pyridine rings is 2. The summed E-state index contributed by atoms with van der Waals surface area (Å²) in [4.78, 5) is 35.9. The minimum absolute atomic E-state index is 0.0285. The second-order valence-electron chi connectivity index (χ2n) is 8.81. The molecule has 0 radical (unpaired) electrons. The van der Waals surface area contributed by atoms with Crippen LogP contribution in [0.5, 0.6) is 0 Å². The van der Waals surface area contributed by atoms with Crippen LogP contribution < -0.4 is 16.4 Å². The van der Waals surface area contributed by atoms with Crippen LogP contribution in [0.1, 0.15) is 35.7 Å². The van der Waals surface area contributed by atoms with Gasteiger partial charge >= 0.3 is 0 Å². The van der Waals surface area contributed by atoms with Gasteiger partial charge in [-0.2, -0.15) is 0 Å². The standard InChI is InChI=1S/C23H28N6O2/c1-15-9-17(10-24-16(15)2)11-25-18-5-7-27(8-6-18)13-19-14-28-21(30)4-3-20-23(28)29(19)22(31)12-26-20/h3-4,9-10,12,18-19,25H,5-8,11,13-14H2,1-2H3. The minimum atomic E-state index is -0.132. The van der Waals surface area contributed by atoms with E-state index in [-0.39, 0.29) is 17.2 Å². The average Bonchev–Trinajstić information content (AvgIpc) is 3.15. The zero-order valence-corrected chi connectivity index (χ0v) is 18.0. The number of likely N-dealkylation sites (tertiary alicyclic amines) is 1. The largest absolute Gasteiger partial charge is 0.310 e. The monoisotopic (exact) mass is 420 g/mol. The van der Waals surface area contributed by atoms with E-state index >= 15 is 0 Å². The molecule has 1 atom stereocenters. The summed E-state index contributed by atoms with van der Waals surface area (Å²) in [7, 11) is 0. The Bertz CT molecular complexity index is 1230. The lowest BCUT2D eigenvalue weighted by Crippen LogP contribution is -2.44. The van der Waals surface area contributed by atoms with Gasteiger partial charge in [-0.25, -0.2) is 4.98 Å². The molecule has 162 valence electrons. The topological polar surface area (TPSA) is 85.0 Å². The van der Waals surface area contributed by atoms with Crippen molar-refractivity contribution in [2.24, 2.45) is 0 Å². The Labute approximate surface area is 180 Å². The van der Waals surface area contributed by atoms with Crippen LogP contribution in [-0.2, 0) is 13.1 Å². The quantitative estimate of drug-likeness (QED) is 0.671. The first-order valence-electron chi connectivity index (χ1n) is 11.0. The summed E-state index contributed by atoms with van der Waals surface area (Å²) >= 11 is 0. The molecule has 1 saturated heterocycles. The van der Waals surface area contributed by atoms with Crippen molar-refractivity contribution in [3.8, 4) is 0 Å². The van der Waals surface area contributed by atoms with Crippen molar-refractivity contribution in [2.75, 3.05) is 19.6 Å². The molecule has 3 aromatic heterocycles. The van der Waals surface area contributed by atoms with Crippen molar-refractivity contribution >= 4 is 11.2 Å². The molecule has 5 heterocycles. The van der Waals surface area contributed by atoms with Gasteiger partial charge < -0.3 is 10.2 Å². The normalized spacial score (nSPS) is 19.4. The van der Waals surface area contributed by atoms with Crippen molar-refractivity contribution in [1.82, 2.24) is 29.3 Å². The fourth-order valence-electron chi connectivity index (χ4n) is 4.84. The molecule has 3 aromatic rings.